The quantitative estimate of drug-likeness (QED) is 0.802. The summed E-state index contributed by atoms with van der Waals surface area (Å²) in [5, 5.41) is 1.02. The van der Waals surface area contributed by atoms with Crippen LogP contribution in [-0.2, 0) is 4.74 Å². The molecule has 0 bridgehead atoms. The number of hydrogen-bond acceptors (Lipinski definition) is 2. The van der Waals surface area contributed by atoms with Gasteiger partial charge in [-0.3, -0.25) is 0 Å². The molecular weight excluding hydrogens is 226 g/mol. The van der Waals surface area contributed by atoms with Crippen LogP contribution in [0, 0.1) is 0 Å². The van der Waals surface area contributed by atoms with Gasteiger partial charge in [0.25, 0.3) is 0 Å². The largest absolute Gasteiger partial charge is 0.461 e. The molecule has 0 saturated carbocycles. The van der Waals surface area contributed by atoms with Crippen LogP contribution >= 0.6 is 0 Å². The Morgan fingerprint density at radius 1 is 1.17 bits per heavy atom. The SMILES string of the molecule is CC.CC.CCOC(=O)c1cc2ccccc2[nH]1. The Labute approximate surface area is 109 Å². The van der Waals surface area contributed by atoms with Crippen molar-refractivity contribution in [2.24, 2.45) is 0 Å². The lowest BCUT2D eigenvalue weighted by Crippen LogP contribution is -2.04. The first-order valence-electron chi connectivity index (χ1n) is 6.56. The molecule has 0 amide bonds. The average Bonchev–Trinajstić information content (AvgIpc) is 2.87. The third-order valence-electron chi connectivity index (χ3n) is 2.03. The van der Waals surface area contributed by atoms with Crippen molar-refractivity contribution in [2.45, 2.75) is 34.6 Å². The van der Waals surface area contributed by atoms with Gasteiger partial charge in [-0.1, -0.05) is 45.9 Å². The van der Waals surface area contributed by atoms with Gasteiger partial charge in [0.1, 0.15) is 5.69 Å². The van der Waals surface area contributed by atoms with E-state index in [1.54, 1.807) is 13.0 Å². The minimum atomic E-state index is -0.302. The second-order valence-electron chi connectivity index (χ2n) is 2.99. The summed E-state index contributed by atoms with van der Waals surface area (Å²) < 4.78 is 4.89. The molecule has 0 fully saturated rings. The van der Waals surface area contributed by atoms with Crippen molar-refractivity contribution in [3.05, 3.63) is 36.0 Å². The van der Waals surface area contributed by atoms with Crippen molar-refractivity contribution in [2.75, 3.05) is 6.61 Å². The van der Waals surface area contributed by atoms with E-state index in [2.05, 4.69) is 4.98 Å². The van der Waals surface area contributed by atoms with E-state index in [4.69, 9.17) is 4.74 Å². The van der Waals surface area contributed by atoms with E-state index in [9.17, 15) is 4.79 Å². The number of esters is 1. The molecule has 1 aromatic carbocycles. The van der Waals surface area contributed by atoms with Gasteiger partial charge < -0.3 is 9.72 Å². The minimum absolute atomic E-state index is 0.302. The Hall–Kier alpha value is -1.77. The maximum Gasteiger partial charge on any atom is 0.354 e. The Bertz CT molecular complexity index is 427. The third kappa shape index (κ3) is 4.24. The monoisotopic (exact) mass is 249 g/mol. The first-order valence-corrected chi connectivity index (χ1v) is 6.56. The predicted octanol–water partition coefficient (Wildman–Crippen LogP) is 4.40. The van der Waals surface area contributed by atoms with Crippen molar-refractivity contribution in [1.82, 2.24) is 4.98 Å². The van der Waals surface area contributed by atoms with E-state index in [1.807, 2.05) is 52.0 Å². The van der Waals surface area contributed by atoms with Crippen LogP contribution in [0.15, 0.2) is 30.3 Å². The smallest absolute Gasteiger partial charge is 0.354 e. The fourth-order valence-corrected chi connectivity index (χ4v) is 1.39. The molecule has 0 atom stereocenters. The van der Waals surface area contributed by atoms with E-state index in [1.165, 1.54) is 0 Å². The van der Waals surface area contributed by atoms with Crippen LogP contribution in [0.25, 0.3) is 10.9 Å². The van der Waals surface area contributed by atoms with Gasteiger partial charge in [-0.25, -0.2) is 4.79 Å². The number of para-hydroxylation sites is 1. The first-order chi connectivity index (χ1) is 8.81. The Morgan fingerprint density at radius 2 is 1.78 bits per heavy atom. The van der Waals surface area contributed by atoms with Crippen LogP contribution in [0.2, 0.25) is 0 Å². The summed E-state index contributed by atoms with van der Waals surface area (Å²) in [6.45, 7) is 10.2. The molecule has 0 aliphatic rings. The number of fused-ring (bicyclic) bond motifs is 1. The van der Waals surface area contributed by atoms with Crippen molar-refractivity contribution in [1.29, 1.82) is 0 Å². The molecule has 3 nitrogen and oxygen atoms in total. The van der Waals surface area contributed by atoms with E-state index in [-0.39, 0.29) is 5.97 Å². The lowest BCUT2D eigenvalue weighted by molar-refractivity contribution is 0.0520. The fraction of sp³-hybridized carbons (Fsp3) is 0.400. The van der Waals surface area contributed by atoms with Crippen molar-refractivity contribution in [3.63, 3.8) is 0 Å². The number of rotatable bonds is 2. The standard InChI is InChI=1S/C11H11NO2.2C2H6/c1-2-14-11(13)10-7-8-5-3-4-6-9(8)12-10;2*1-2/h3-7,12H,2H2,1H3;2*1-2H3. The van der Waals surface area contributed by atoms with Gasteiger partial charge in [0.05, 0.1) is 6.61 Å². The maximum atomic E-state index is 11.4. The number of benzene rings is 1. The molecule has 3 heteroatoms. The van der Waals surface area contributed by atoms with Crippen LogP contribution in [0.1, 0.15) is 45.1 Å². The average molecular weight is 249 g/mol. The molecule has 100 valence electrons. The highest BCUT2D eigenvalue weighted by molar-refractivity contribution is 5.94. The molecule has 1 aromatic heterocycles. The Morgan fingerprint density at radius 3 is 2.33 bits per heavy atom. The number of carbonyl (C=O) groups excluding carboxylic acids is 1. The molecule has 1 heterocycles. The number of aromatic amines is 1. The second-order valence-corrected chi connectivity index (χ2v) is 2.99. The zero-order chi connectivity index (χ0) is 14.0. The van der Waals surface area contributed by atoms with Gasteiger partial charge in [0, 0.05) is 10.9 Å². The number of nitrogens with one attached hydrogen (secondary N) is 1. The lowest BCUT2D eigenvalue weighted by atomic mass is 10.2. The third-order valence-corrected chi connectivity index (χ3v) is 2.03. The molecule has 2 aromatic rings. The molecule has 0 saturated heterocycles. The molecule has 0 unspecified atom stereocenters. The van der Waals surface area contributed by atoms with E-state index in [0.717, 1.165) is 10.9 Å². The minimum Gasteiger partial charge on any atom is -0.461 e. The van der Waals surface area contributed by atoms with Crippen molar-refractivity contribution in [3.8, 4) is 0 Å². The molecule has 0 spiro atoms. The van der Waals surface area contributed by atoms with Gasteiger partial charge in [0.2, 0.25) is 0 Å². The van der Waals surface area contributed by atoms with E-state index >= 15 is 0 Å². The molecular formula is C15H23NO2. The Kier molecular flexibility index (Phi) is 8.37. The molecule has 0 aliphatic heterocycles. The number of carbonyl (C=O) groups is 1. The lowest BCUT2D eigenvalue weighted by Gasteiger charge is -1.96. The predicted molar refractivity (Wildman–Crippen MR) is 77.0 cm³/mol. The van der Waals surface area contributed by atoms with Gasteiger partial charge in [-0.2, -0.15) is 0 Å². The molecule has 1 N–H and O–H groups in total. The van der Waals surface area contributed by atoms with Crippen molar-refractivity contribution >= 4 is 16.9 Å². The van der Waals surface area contributed by atoms with Crippen LogP contribution in [0.4, 0.5) is 0 Å². The second kappa shape index (κ2) is 9.28. The normalized spacial score (nSPS) is 8.72. The van der Waals surface area contributed by atoms with Gasteiger partial charge in [-0.15, -0.1) is 0 Å². The highest BCUT2D eigenvalue weighted by atomic mass is 16.5. The Balaban J connectivity index is 0.000000659. The van der Waals surface area contributed by atoms with E-state index < -0.39 is 0 Å². The summed E-state index contributed by atoms with van der Waals surface area (Å²) >= 11 is 0. The number of ether oxygens (including phenoxy) is 1. The van der Waals surface area contributed by atoms with Crippen molar-refractivity contribution < 1.29 is 9.53 Å². The first kappa shape index (κ1) is 16.2. The van der Waals surface area contributed by atoms with Crippen LogP contribution in [0.5, 0.6) is 0 Å². The number of hydrogen-bond donors (Lipinski definition) is 1. The van der Waals surface area contributed by atoms with Crippen LogP contribution in [0.3, 0.4) is 0 Å². The van der Waals surface area contributed by atoms with Gasteiger partial charge in [0.15, 0.2) is 0 Å². The molecule has 18 heavy (non-hydrogen) atoms. The highest BCUT2D eigenvalue weighted by Gasteiger charge is 2.08. The maximum absolute atomic E-state index is 11.4. The van der Waals surface area contributed by atoms with Crippen LogP contribution in [-0.4, -0.2) is 17.6 Å². The zero-order valence-electron chi connectivity index (χ0n) is 11.9. The molecule has 0 radical (unpaired) electrons. The highest BCUT2D eigenvalue weighted by Crippen LogP contribution is 2.14. The summed E-state index contributed by atoms with van der Waals surface area (Å²) in [6, 6.07) is 9.54. The fourth-order valence-electron chi connectivity index (χ4n) is 1.39. The van der Waals surface area contributed by atoms with Crippen LogP contribution < -0.4 is 0 Å². The molecule has 2 rings (SSSR count). The van der Waals surface area contributed by atoms with Gasteiger partial charge in [-0.05, 0) is 19.1 Å². The summed E-state index contributed by atoms with van der Waals surface area (Å²) in [5.74, 6) is -0.302. The number of H-pyrrole nitrogens is 1. The summed E-state index contributed by atoms with van der Waals surface area (Å²) in [7, 11) is 0. The molecule has 0 aliphatic carbocycles. The van der Waals surface area contributed by atoms with E-state index in [0.29, 0.717) is 12.3 Å². The number of aromatic nitrogens is 1. The summed E-state index contributed by atoms with van der Waals surface area (Å²) in [4.78, 5) is 14.4. The topological polar surface area (TPSA) is 42.1 Å². The summed E-state index contributed by atoms with van der Waals surface area (Å²) in [6.07, 6.45) is 0. The summed E-state index contributed by atoms with van der Waals surface area (Å²) in [5.41, 5.74) is 1.46. The zero-order valence-corrected chi connectivity index (χ0v) is 11.9. The van der Waals surface area contributed by atoms with Gasteiger partial charge >= 0.3 is 5.97 Å².